The highest BCUT2D eigenvalue weighted by Crippen LogP contribution is 2.41. The smallest absolute Gasteiger partial charge is 0.127 e. The highest BCUT2D eigenvalue weighted by atomic mass is 16.5. The van der Waals surface area contributed by atoms with Crippen molar-refractivity contribution in [2.75, 3.05) is 20.8 Å². The summed E-state index contributed by atoms with van der Waals surface area (Å²) in [6.07, 6.45) is 0. The van der Waals surface area contributed by atoms with Crippen LogP contribution < -0.4 is 15.2 Å². The number of hydrogen-bond acceptors (Lipinski definition) is 4. The standard InChI is InChI=1S/C14H23NO3/c1-9-6-10(17-4)12(11(7-9)18-5)13(15)14(2,3)8-16/h6-7,13,16H,8,15H2,1-5H3/t13-/m0/s1. The largest absolute Gasteiger partial charge is 0.496 e. The van der Waals surface area contributed by atoms with Gasteiger partial charge in [0.25, 0.3) is 0 Å². The van der Waals surface area contributed by atoms with Crippen LogP contribution in [-0.2, 0) is 0 Å². The molecule has 1 atom stereocenters. The van der Waals surface area contributed by atoms with Crippen molar-refractivity contribution in [1.82, 2.24) is 0 Å². The molecule has 0 aliphatic carbocycles. The number of aliphatic hydroxyl groups is 1. The number of hydrogen-bond donors (Lipinski definition) is 2. The third-order valence-electron chi connectivity index (χ3n) is 3.25. The van der Waals surface area contributed by atoms with Crippen molar-refractivity contribution >= 4 is 0 Å². The van der Waals surface area contributed by atoms with E-state index in [4.69, 9.17) is 15.2 Å². The van der Waals surface area contributed by atoms with E-state index in [-0.39, 0.29) is 12.6 Å². The summed E-state index contributed by atoms with van der Waals surface area (Å²) in [6.45, 7) is 5.79. The lowest BCUT2D eigenvalue weighted by atomic mass is 9.81. The minimum absolute atomic E-state index is 0.00560. The lowest BCUT2D eigenvalue weighted by Crippen LogP contribution is -2.33. The van der Waals surface area contributed by atoms with Crippen molar-refractivity contribution in [1.29, 1.82) is 0 Å². The lowest BCUT2D eigenvalue weighted by molar-refractivity contribution is 0.129. The van der Waals surface area contributed by atoms with Crippen LogP contribution in [-0.4, -0.2) is 25.9 Å². The molecule has 18 heavy (non-hydrogen) atoms. The third-order valence-corrected chi connectivity index (χ3v) is 3.25. The fourth-order valence-corrected chi connectivity index (χ4v) is 1.87. The predicted octanol–water partition coefficient (Wildman–Crippen LogP) is 2.03. The van der Waals surface area contributed by atoms with E-state index >= 15 is 0 Å². The van der Waals surface area contributed by atoms with Crippen molar-refractivity contribution in [2.24, 2.45) is 11.1 Å². The molecule has 0 radical (unpaired) electrons. The van der Waals surface area contributed by atoms with E-state index in [0.29, 0.717) is 11.5 Å². The van der Waals surface area contributed by atoms with E-state index in [1.807, 2.05) is 32.9 Å². The molecule has 4 nitrogen and oxygen atoms in total. The number of rotatable bonds is 5. The number of nitrogens with two attached hydrogens (primary N) is 1. The Morgan fingerprint density at radius 3 is 2.00 bits per heavy atom. The van der Waals surface area contributed by atoms with Gasteiger partial charge in [0, 0.05) is 18.1 Å². The van der Waals surface area contributed by atoms with Crippen LogP contribution in [0.15, 0.2) is 12.1 Å². The molecule has 0 amide bonds. The maximum atomic E-state index is 9.45. The molecule has 0 aliphatic rings. The van der Waals surface area contributed by atoms with E-state index in [9.17, 15) is 5.11 Å². The first-order chi connectivity index (χ1) is 8.37. The van der Waals surface area contributed by atoms with Gasteiger partial charge in [-0.05, 0) is 24.6 Å². The molecular weight excluding hydrogens is 230 g/mol. The van der Waals surface area contributed by atoms with Crippen LogP contribution in [0, 0.1) is 12.3 Å². The Morgan fingerprint density at radius 2 is 1.67 bits per heavy atom. The summed E-state index contributed by atoms with van der Waals surface area (Å²) in [7, 11) is 3.22. The van der Waals surface area contributed by atoms with Crippen LogP contribution in [0.4, 0.5) is 0 Å². The molecule has 0 spiro atoms. The zero-order chi connectivity index (χ0) is 13.9. The van der Waals surface area contributed by atoms with Gasteiger partial charge in [-0.15, -0.1) is 0 Å². The average Bonchev–Trinajstić information content (AvgIpc) is 2.36. The third kappa shape index (κ3) is 2.76. The Bertz CT molecular complexity index is 390. The van der Waals surface area contributed by atoms with E-state index in [0.717, 1.165) is 11.1 Å². The Kier molecular flexibility index (Phi) is 4.59. The maximum Gasteiger partial charge on any atom is 0.127 e. The summed E-state index contributed by atoms with van der Waals surface area (Å²) >= 11 is 0. The number of methoxy groups -OCH3 is 2. The van der Waals surface area contributed by atoms with Gasteiger partial charge in [0.15, 0.2) is 0 Å². The molecule has 0 fully saturated rings. The highest BCUT2D eigenvalue weighted by molar-refractivity contribution is 5.50. The second-order valence-electron chi connectivity index (χ2n) is 5.21. The van der Waals surface area contributed by atoms with Gasteiger partial charge in [-0.1, -0.05) is 13.8 Å². The lowest BCUT2D eigenvalue weighted by Gasteiger charge is -2.31. The summed E-state index contributed by atoms with van der Waals surface area (Å²) in [5, 5.41) is 9.45. The molecule has 1 rings (SSSR count). The molecule has 0 saturated heterocycles. The normalized spacial score (nSPS) is 13.3. The Balaban J connectivity index is 3.37. The maximum absolute atomic E-state index is 9.45. The molecule has 0 aliphatic heterocycles. The van der Waals surface area contributed by atoms with Gasteiger partial charge in [-0.25, -0.2) is 0 Å². The van der Waals surface area contributed by atoms with Crippen molar-refractivity contribution in [3.63, 3.8) is 0 Å². The molecule has 3 N–H and O–H groups in total. The summed E-state index contributed by atoms with van der Waals surface area (Å²) in [4.78, 5) is 0. The predicted molar refractivity (Wildman–Crippen MR) is 72.1 cm³/mol. The zero-order valence-corrected chi connectivity index (χ0v) is 11.8. The first-order valence-electron chi connectivity index (χ1n) is 5.96. The first-order valence-corrected chi connectivity index (χ1v) is 5.96. The van der Waals surface area contributed by atoms with Gasteiger partial charge in [0.1, 0.15) is 11.5 Å². The van der Waals surface area contributed by atoms with E-state index in [1.165, 1.54) is 0 Å². The van der Waals surface area contributed by atoms with Crippen molar-refractivity contribution < 1.29 is 14.6 Å². The molecule has 102 valence electrons. The minimum atomic E-state index is -0.449. The van der Waals surface area contributed by atoms with Crippen LogP contribution >= 0.6 is 0 Å². The second-order valence-corrected chi connectivity index (χ2v) is 5.21. The minimum Gasteiger partial charge on any atom is -0.496 e. The number of ether oxygens (including phenoxy) is 2. The van der Waals surface area contributed by atoms with Crippen LogP contribution in [0.3, 0.4) is 0 Å². The summed E-state index contributed by atoms with van der Waals surface area (Å²) in [5.41, 5.74) is 7.66. The van der Waals surface area contributed by atoms with E-state index in [1.54, 1.807) is 14.2 Å². The molecule has 0 unspecified atom stereocenters. The van der Waals surface area contributed by atoms with Crippen LogP contribution in [0.25, 0.3) is 0 Å². The number of aryl methyl sites for hydroxylation is 1. The van der Waals surface area contributed by atoms with E-state index in [2.05, 4.69) is 0 Å². The zero-order valence-electron chi connectivity index (χ0n) is 11.8. The van der Waals surface area contributed by atoms with Gasteiger partial charge in [-0.3, -0.25) is 0 Å². The summed E-state index contributed by atoms with van der Waals surface area (Å²) < 4.78 is 10.8. The highest BCUT2D eigenvalue weighted by Gasteiger charge is 2.31. The number of benzene rings is 1. The fraction of sp³-hybridized carbons (Fsp3) is 0.571. The summed E-state index contributed by atoms with van der Waals surface area (Å²) in [6, 6.07) is 3.48. The van der Waals surface area contributed by atoms with Gasteiger partial charge >= 0.3 is 0 Å². The van der Waals surface area contributed by atoms with Crippen LogP contribution in [0.5, 0.6) is 11.5 Å². The van der Waals surface area contributed by atoms with Crippen molar-refractivity contribution in [3.8, 4) is 11.5 Å². The second kappa shape index (κ2) is 5.59. The van der Waals surface area contributed by atoms with E-state index < -0.39 is 5.41 Å². The van der Waals surface area contributed by atoms with Gasteiger partial charge in [-0.2, -0.15) is 0 Å². The molecule has 0 saturated carbocycles. The monoisotopic (exact) mass is 253 g/mol. The molecular formula is C14H23NO3. The SMILES string of the molecule is COc1cc(C)cc(OC)c1[C@H](N)C(C)(C)CO. The molecule has 0 aromatic heterocycles. The quantitative estimate of drug-likeness (QED) is 0.842. The van der Waals surface area contributed by atoms with Crippen molar-refractivity contribution in [3.05, 3.63) is 23.3 Å². The molecule has 0 bridgehead atoms. The Morgan fingerprint density at radius 1 is 1.22 bits per heavy atom. The molecule has 1 aromatic carbocycles. The Hall–Kier alpha value is -1.26. The molecule has 0 heterocycles. The van der Waals surface area contributed by atoms with Gasteiger partial charge in [0.2, 0.25) is 0 Å². The van der Waals surface area contributed by atoms with Crippen molar-refractivity contribution in [2.45, 2.75) is 26.8 Å². The molecule has 1 aromatic rings. The summed E-state index contributed by atoms with van der Waals surface area (Å²) in [5.74, 6) is 1.39. The van der Waals surface area contributed by atoms with Crippen LogP contribution in [0.2, 0.25) is 0 Å². The number of aliphatic hydroxyl groups excluding tert-OH is 1. The Labute approximate surface area is 109 Å². The average molecular weight is 253 g/mol. The first kappa shape index (κ1) is 14.8. The fourth-order valence-electron chi connectivity index (χ4n) is 1.87. The van der Waals surface area contributed by atoms with Gasteiger partial charge in [0.05, 0.1) is 19.8 Å². The molecule has 4 heteroatoms. The van der Waals surface area contributed by atoms with Crippen LogP contribution in [0.1, 0.15) is 31.0 Å². The topological polar surface area (TPSA) is 64.7 Å². The van der Waals surface area contributed by atoms with Gasteiger partial charge < -0.3 is 20.3 Å².